The zero-order chi connectivity index (χ0) is 13.7. The van der Waals surface area contributed by atoms with Crippen LogP contribution in [0, 0.1) is 0 Å². The van der Waals surface area contributed by atoms with E-state index in [1.807, 2.05) is 24.3 Å². The van der Waals surface area contributed by atoms with E-state index >= 15 is 0 Å². The van der Waals surface area contributed by atoms with Crippen molar-refractivity contribution in [2.75, 3.05) is 4.90 Å². The van der Waals surface area contributed by atoms with Gasteiger partial charge >= 0.3 is 0 Å². The number of nitrogens with zero attached hydrogens (tertiary/aromatic N) is 2. The molecule has 96 valence electrons. The van der Waals surface area contributed by atoms with Crippen LogP contribution < -0.4 is 4.90 Å². The number of nitrogens with one attached hydrogen (secondary N) is 1. The monoisotopic (exact) mass is 263 g/mol. The van der Waals surface area contributed by atoms with Crippen molar-refractivity contribution in [3.8, 4) is 0 Å². The van der Waals surface area contributed by atoms with Crippen molar-refractivity contribution in [1.29, 1.82) is 0 Å². The van der Waals surface area contributed by atoms with Crippen molar-refractivity contribution in [1.82, 2.24) is 10.2 Å². The second-order valence-corrected chi connectivity index (χ2v) is 4.59. The van der Waals surface area contributed by atoms with Crippen LogP contribution in [0.15, 0.2) is 48.7 Å². The lowest BCUT2D eigenvalue weighted by molar-refractivity contribution is 0.0892. The maximum atomic E-state index is 12.6. The molecule has 3 aromatic rings. The minimum absolute atomic E-state index is 0.312. The van der Waals surface area contributed by atoms with Gasteiger partial charge in [-0.3, -0.25) is 14.7 Å². The van der Waals surface area contributed by atoms with Gasteiger partial charge in [-0.05, 0) is 17.5 Å². The zero-order valence-electron chi connectivity index (χ0n) is 10.3. The minimum atomic E-state index is -0.341. The Bertz CT molecular complexity index is 802. The van der Waals surface area contributed by atoms with Crippen molar-refractivity contribution in [3.63, 3.8) is 0 Å². The van der Waals surface area contributed by atoms with E-state index in [9.17, 15) is 9.59 Å². The highest BCUT2D eigenvalue weighted by Crippen LogP contribution is 2.31. The second-order valence-electron chi connectivity index (χ2n) is 4.59. The highest BCUT2D eigenvalue weighted by molar-refractivity contribution is 6.35. The lowest BCUT2D eigenvalue weighted by Crippen LogP contribution is -2.40. The van der Waals surface area contributed by atoms with Gasteiger partial charge in [0.15, 0.2) is 5.82 Å². The molecule has 0 fully saturated rings. The summed E-state index contributed by atoms with van der Waals surface area (Å²) in [5.74, 6) is -0.371. The minimum Gasteiger partial charge on any atom is -0.284 e. The number of hydrogen-bond acceptors (Lipinski definition) is 3. The topological polar surface area (TPSA) is 66.1 Å². The summed E-state index contributed by atoms with van der Waals surface area (Å²) < 4.78 is 0. The SMILES string of the molecule is O=C1c2cccc3cccc(c23)C(=O)N1c1cc[nH]n1. The summed E-state index contributed by atoms with van der Waals surface area (Å²) in [5.41, 5.74) is 1.06. The van der Waals surface area contributed by atoms with E-state index in [-0.39, 0.29) is 11.8 Å². The van der Waals surface area contributed by atoms with Crippen molar-refractivity contribution < 1.29 is 9.59 Å². The zero-order valence-corrected chi connectivity index (χ0v) is 10.3. The molecule has 5 heteroatoms. The van der Waals surface area contributed by atoms with Crippen LogP contribution in [-0.2, 0) is 0 Å². The fraction of sp³-hybridized carbons (Fsp3) is 0. The third-order valence-electron chi connectivity index (χ3n) is 3.49. The average molecular weight is 263 g/mol. The van der Waals surface area contributed by atoms with Gasteiger partial charge in [0.05, 0.1) is 0 Å². The van der Waals surface area contributed by atoms with Crippen molar-refractivity contribution in [3.05, 3.63) is 59.8 Å². The number of aromatic amines is 1. The lowest BCUT2D eigenvalue weighted by atomic mass is 9.94. The molecule has 2 aromatic carbocycles. The Morgan fingerprint density at radius 2 is 1.55 bits per heavy atom. The summed E-state index contributed by atoms with van der Waals surface area (Å²) in [6.45, 7) is 0. The van der Waals surface area contributed by atoms with Crippen LogP contribution in [0.3, 0.4) is 0 Å². The molecule has 0 spiro atoms. The highest BCUT2D eigenvalue weighted by atomic mass is 16.2. The van der Waals surface area contributed by atoms with E-state index in [1.165, 1.54) is 0 Å². The molecule has 0 saturated heterocycles. The summed E-state index contributed by atoms with van der Waals surface area (Å²) in [7, 11) is 0. The highest BCUT2D eigenvalue weighted by Gasteiger charge is 2.34. The number of anilines is 1. The first-order valence-corrected chi connectivity index (χ1v) is 6.17. The summed E-state index contributed by atoms with van der Waals surface area (Å²) in [6.07, 6.45) is 1.58. The number of carbonyl (C=O) groups excluding carboxylic acids is 2. The van der Waals surface area contributed by atoms with Gasteiger partial charge in [0.25, 0.3) is 11.8 Å². The van der Waals surface area contributed by atoms with E-state index in [0.717, 1.165) is 15.7 Å². The Morgan fingerprint density at radius 1 is 0.900 bits per heavy atom. The van der Waals surface area contributed by atoms with Gasteiger partial charge in [0.1, 0.15) is 0 Å². The normalized spacial score (nSPS) is 14.1. The molecule has 0 unspecified atom stereocenters. The number of rotatable bonds is 1. The third kappa shape index (κ3) is 1.29. The van der Waals surface area contributed by atoms with E-state index in [4.69, 9.17) is 0 Å². The smallest absolute Gasteiger partial charge is 0.267 e. The molecular formula is C15H9N3O2. The molecule has 2 amide bonds. The van der Waals surface area contributed by atoms with Crippen LogP contribution in [0.2, 0.25) is 0 Å². The average Bonchev–Trinajstić information content (AvgIpc) is 2.99. The molecule has 2 heterocycles. The molecule has 5 nitrogen and oxygen atoms in total. The molecule has 1 aromatic heterocycles. The first-order chi connectivity index (χ1) is 9.77. The molecule has 4 rings (SSSR count). The van der Waals surface area contributed by atoms with Crippen LogP contribution >= 0.6 is 0 Å². The van der Waals surface area contributed by atoms with Gasteiger partial charge in [0.2, 0.25) is 0 Å². The predicted octanol–water partition coefficient (Wildman–Crippen LogP) is 2.36. The standard InChI is InChI=1S/C15H9N3O2/c19-14-10-5-1-3-9-4-2-6-11(13(9)10)15(20)18(14)12-7-8-16-17-12/h1-8H,(H,16,17). The maximum absolute atomic E-state index is 12.6. The molecule has 0 aliphatic carbocycles. The van der Waals surface area contributed by atoms with Gasteiger partial charge in [-0.2, -0.15) is 5.10 Å². The Kier molecular flexibility index (Phi) is 2.06. The van der Waals surface area contributed by atoms with E-state index < -0.39 is 0 Å². The number of amides is 2. The Hall–Kier alpha value is -2.95. The number of H-pyrrole nitrogens is 1. The van der Waals surface area contributed by atoms with Crippen molar-refractivity contribution in [2.24, 2.45) is 0 Å². The van der Waals surface area contributed by atoms with Crippen LogP contribution in [0.4, 0.5) is 5.82 Å². The van der Waals surface area contributed by atoms with Crippen LogP contribution in [0.25, 0.3) is 10.8 Å². The molecule has 1 N–H and O–H groups in total. The van der Waals surface area contributed by atoms with Gasteiger partial charge < -0.3 is 0 Å². The largest absolute Gasteiger partial charge is 0.284 e. The fourth-order valence-corrected chi connectivity index (χ4v) is 2.62. The number of benzene rings is 2. The summed E-state index contributed by atoms with van der Waals surface area (Å²) >= 11 is 0. The molecular weight excluding hydrogens is 254 g/mol. The molecule has 20 heavy (non-hydrogen) atoms. The fourth-order valence-electron chi connectivity index (χ4n) is 2.62. The first kappa shape index (κ1) is 10.9. The van der Waals surface area contributed by atoms with Gasteiger partial charge in [-0.25, -0.2) is 4.90 Å². The van der Waals surface area contributed by atoms with E-state index in [1.54, 1.807) is 24.4 Å². The van der Waals surface area contributed by atoms with Crippen LogP contribution in [0.5, 0.6) is 0 Å². The molecule has 0 atom stereocenters. The molecule has 0 bridgehead atoms. The lowest BCUT2D eigenvalue weighted by Gasteiger charge is -2.25. The van der Waals surface area contributed by atoms with E-state index in [0.29, 0.717) is 16.9 Å². The number of imide groups is 1. The van der Waals surface area contributed by atoms with Crippen molar-refractivity contribution >= 4 is 28.4 Å². The second kappa shape index (κ2) is 3.77. The van der Waals surface area contributed by atoms with Crippen LogP contribution in [0.1, 0.15) is 20.7 Å². The molecule has 1 aliphatic rings. The predicted molar refractivity (Wildman–Crippen MR) is 73.7 cm³/mol. The summed E-state index contributed by atoms with van der Waals surface area (Å²) in [4.78, 5) is 26.2. The number of carbonyl (C=O) groups is 2. The third-order valence-corrected chi connectivity index (χ3v) is 3.49. The first-order valence-electron chi connectivity index (χ1n) is 6.17. The van der Waals surface area contributed by atoms with Gasteiger partial charge in [-0.15, -0.1) is 0 Å². The maximum Gasteiger partial charge on any atom is 0.267 e. The Morgan fingerprint density at radius 3 is 2.10 bits per heavy atom. The van der Waals surface area contributed by atoms with Crippen molar-refractivity contribution in [2.45, 2.75) is 0 Å². The molecule has 0 saturated carbocycles. The summed E-state index contributed by atoms with van der Waals surface area (Å²) in [6, 6.07) is 12.5. The van der Waals surface area contributed by atoms with E-state index in [2.05, 4.69) is 10.2 Å². The Labute approximate surface area is 113 Å². The quantitative estimate of drug-likeness (QED) is 0.685. The number of hydrogen-bond donors (Lipinski definition) is 1. The summed E-state index contributed by atoms with van der Waals surface area (Å²) in [5, 5.41) is 8.17. The molecule has 1 aliphatic heterocycles. The number of aromatic nitrogens is 2. The Balaban J connectivity index is 2.05. The van der Waals surface area contributed by atoms with Gasteiger partial charge in [0, 0.05) is 28.8 Å². The van der Waals surface area contributed by atoms with Gasteiger partial charge in [-0.1, -0.05) is 24.3 Å². The van der Waals surface area contributed by atoms with Crippen LogP contribution in [-0.4, -0.2) is 22.0 Å². The molecule has 0 radical (unpaired) electrons.